The summed E-state index contributed by atoms with van der Waals surface area (Å²) in [5.41, 5.74) is 1.32. The van der Waals surface area contributed by atoms with Crippen LogP contribution >= 0.6 is 23.4 Å². The van der Waals surface area contributed by atoms with Gasteiger partial charge in [0.15, 0.2) is 0 Å². The summed E-state index contributed by atoms with van der Waals surface area (Å²) in [6.07, 6.45) is 3.02. The van der Waals surface area contributed by atoms with Gasteiger partial charge in [-0.15, -0.1) is 0 Å². The Labute approximate surface area is 111 Å². The summed E-state index contributed by atoms with van der Waals surface area (Å²) >= 11 is 7.60. The molecule has 1 aromatic rings. The third-order valence-electron chi connectivity index (χ3n) is 2.32. The second-order valence-corrected chi connectivity index (χ2v) is 5.35. The van der Waals surface area contributed by atoms with Gasteiger partial charge in [-0.3, -0.25) is 4.79 Å². The monoisotopic (exact) mass is 272 g/mol. The van der Waals surface area contributed by atoms with E-state index in [2.05, 4.69) is 16.6 Å². The van der Waals surface area contributed by atoms with Crippen molar-refractivity contribution < 1.29 is 4.79 Å². The van der Waals surface area contributed by atoms with Crippen LogP contribution in [-0.4, -0.2) is 28.9 Å². The minimum Gasteiger partial charge on any atom is -0.350 e. The average molecular weight is 273 g/mol. The SMILES string of the molecule is CSCCC(C)NC(=O)c1cc(C)nc(Cl)c1. The van der Waals surface area contributed by atoms with Crippen LogP contribution in [0.5, 0.6) is 0 Å². The molecule has 0 radical (unpaired) electrons. The number of nitrogens with zero attached hydrogens (tertiary/aromatic N) is 1. The van der Waals surface area contributed by atoms with Crippen molar-refractivity contribution in [3.8, 4) is 0 Å². The van der Waals surface area contributed by atoms with E-state index in [1.54, 1.807) is 23.9 Å². The van der Waals surface area contributed by atoms with Crippen molar-refractivity contribution in [1.29, 1.82) is 0 Å². The van der Waals surface area contributed by atoms with Crippen LogP contribution in [0.1, 0.15) is 29.4 Å². The molecule has 17 heavy (non-hydrogen) atoms. The Morgan fingerprint density at radius 1 is 1.59 bits per heavy atom. The first kappa shape index (κ1) is 14.3. The first-order chi connectivity index (χ1) is 8.02. The van der Waals surface area contributed by atoms with E-state index >= 15 is 0 Å². The second kappa shape index (κ2) is 6.87. The van der Waals surface area contributed by atoms with Gasteiger partial charge in [0.25, 0.3) is 5.91 Å². The fourth-order valence-corrected chi connectivity index (χ4v) is 2.27. The molecule has 0 aliphatic carbocycles. The number of rotatable bonds is 5. The number of halogens is 1. The van der Waals surface area contributed by atoms with E-state index in [1.807, 2.05) is 13.8 Å². The first-order valence-electron chi connectivity index (χ1n) is 5.47. The Morgan fingerprint density at radius 2 is 2.29 bits per heavy atom. The molecule has 1 unspecified atom stereocenters. The quantitative estimate of drug-likeness (QED) is 0.838. The molecular weight excluding hydrogens is 256 g/mol. The molecule has 1 rings (SSSR count). The van der Waals surface area contributed by atoms with Gasteiger partial charge in [-0.05, 0) is 44.4 Å². The molecule has 94 valence electrons. The van der Waals surface area contributed by atoms with Crippen molar-refractivity contribution >= 4 is 29.3 Å². The smallest absolute Gasteiger partial charge is 0.251 e. The first-order valence-corrected chi connectivity index (χ1v) is 7.24. The number of carbonyl (C=O) groups excluding carboxylic acids is 1. The zero-order chi connectivity index (χ0) is 12.8. The van der Waals surface area contributed by atoms with Gasteiger partial charge in [0.1, 0.15) is 5.15 Å². The summed E-state index contributed by atoms with van der Waals surface area (Å²) in [7, 11) is 0. The number of hydrogen-bond acceptors (Lipinski definition) is 3. The lowest BCUT2D eigenvalue weighted by Crippen LogP contribution is -2.33. The lowest BCUT2D eigenvalue weighted by molar-refractivity contribution is 0.0939. The highest BCUT2D eigenvalue weighted by Gasteiger charge is 2.10. The topological polar surface area (TPSA) is 42.0 Å². The van der Waals surface area contributed by atoms with Gasteiger partial charge in [-0.25, -0.2) is 4.98 Å². The van der Waals surface area contributed by atoms with E-state index in [9.17, 15) is 4.79 Å². The molecule has 0 spiro atoms. The normalized spacial score (nSPS) is 12.2. The molecular formula is C12H17ClN2OS. The van der Waals surface area contributed by atoms with E-state index in [-0.39, 0.29) is 11.9 Å². The van der Waals surface area contributed by atoms with Crippen molar-refractivity contribution in [1.82, 2.24) is 10.3 Å². The Balaban J connectivity index is 2.63. The molecule has 0 fully saturated rings. The summed E-state index contributed by atoms with van der Waals surface area (Å²) < 4.78 is 0. The lowest BCUT2D eigenvalue weighted by atomic mass is 10.2. The number of amides is 1. The number of hydrogen-bond donors (Lipinski definition) is 1. The maximum atomic E-state index is 11.9. The highest BCUT2D eigenvalue weighted by atomic mass is 35.5. The Bertz CT molecular complexity index is 378. The largest absolute Gasteiger partial charge is 0.350 e. The summed E-state index contributed by atoms with van der Waals surface area (Å²) in [6.45, 7) is 3.82. The van der Waals surface area contributed by atoms with E-state index in [4.69, 9.17) is 11.6 Å². The Morgan fingerprint density at radius 3 is 2.88 bits per heavy atom. The molecule has 0 aliphatic rings. The minimum absolute atomic E-state index is 0.0917. The predicted octanol–water partition coefficient (Wildman–Crippen LogP) is 2.91. The summed E-state index contributed by atoms with van der Waals surface area (Å²) in [5, 5.41) is 3.30. The molecule has 0 aliphatic heterocycles. The second-order valence-electron chi connectivity index (χ2n) is 3.98. The van der Waals surface area contributed by atoms with Crippen LogP contribution in [0.15, 0.2) is 12.1 Å². The minimum atomic E-state index is -0.0917. The third kappa shape index (κ3) is 4.96. The van der Waals surface area contributed by atoms with Gasteiger partial charge in [0, 0.05) is 17.3 Å². The van der Waals surface area contributed by atoms with Crippen LogP contribution in [0.2, 0.25) is 5.15 Å². The molecule has 1 atom stereocenters. The number of nitrogens with one attached hydrogen (secondary N) is 1. The molecule has 1 heterocycles. The van der Waals surface area contributed by atoms with E-state index < -0.39 is 0 Å². The molecule has 1 N–H and O–H groups in total. The van der Waals surface area contributed by atoms with E-state index in [0.717, 1.165) is 17.9 Å². The molecule has 3 nitrogen and oxygen atoms in total. The molecule has 5 heteroatoms. The van der Waals surface area contributed by atoms with Gasteiger partial charge in [-0.1, -0.05) is 11.6 Å². The van der Waals surface area contributed by atoms with Crippen LogP contribution in [0.3, 0.4) is 0 Å². The van der Waals surface area contributed by atoms with Gasteiger partial charge >= 0.3 is 0 Å². The van der Waals surface area contributed by atoms with E-state index in [1.165, 1.54) is 0 Å². The van der Waals surface area contributed by atoms with Crippen LogP contribution in [0.25, 0.3) is 0 Å². The number of carbonyl (C=O) groups is 1. The predicted molar refractivity (Wildman–Crippen MR) is 73.9 cm³/mol. The van der Waals surface area contributed by atoms with Crippen LogP contribution in [-0.2, 0) is 0 Å². The molecule has 0 saturated heterocycles. The summed E-state index contributed by atoms with van der Waals surface area (Å²) in [6, 6.07) is 3.50. The Kier molecular flexibility index (Phi) is 5.78. The molecule has 0 aromatic carbocycles. The summed E-state index contributed by atoms with van der Waals surface area (Å²) in [4.78, 5) is 15.9. The maximum absolute atomic E-state index is 11.9. The van der Waals surface area contributed by atoms with Crippen LogP contribution < -0.4 is 5.32 Å². The average Bonchev–Trinajstić information content (AvgIpc) is 2.25. The number of aryl methyl sites for hydroxylation is 1. The van der Waals surface area contributed by atoms with Crippen molar-refractivity contribution in [2.75, 3.05) is 12.0 Å². The van der Waals surface area contributed by atoms with Crippen molar-refractivity contribution in [3.63, 3.8) is 0 Å². The zero-order valence-electron chi connectivity index (χ0n) is 10.3. The van der Waals surface area contributed by atoms with Gasteiger partial charge in [-0.2, -0.15) is 11.8 Å². The maximum Gasteiger partial charge on any atom is 0.251 e. The van der Waals surface area contributed by atoms with Gasteiger partial charge in [0.05, 0.1) is 0 Å². The fourth-order valence-electron chi connectivity index (χ4n) is 1.43. The molecule has 0 saturated carbocycles. The third-order valence-corrected chi connectivity index (χ3v) is 3.15. The molecule has 1 aromatic heterocycles. The van der Waals surface area contributed by atoms with E-state index in [0.29, 0.717) is 10.7 Å². The van der Waals surface area contributed by atoms with Crippen LogP contribution in [0, 0.1) is 6.92 Å². The molecule has 0 bridgehead atoms. The lowest BCUT2D eigenvalue weighted by Gasteiger charge is -2.13. The zero-order valence-corrected chi connectivity index (χ0v) is 11.9. The highest BCUT2D eigenvalue weighted by molar-refractivity contribution is 7.98. The Hall–Kier alpha value is -0.740. The van der Waals surface area contributed by atoms with Crippen molar-refractivity contribution in [2.24, 2.45) is 0 Å². The number of pyridine rings is 1. The van der Waals surface area contributed by atoms with Crippen molar-refractivity contribution in [3.05, 3.63) is 28.5 Å². The summed E-state index contributed by atoms with van der Waals surface area (Å²) in [5.74, 6) is 0.948. The number of thioether (sulfide) groups is 1. The standard InChI is InChI=1S/C12H17ClN2OS/c1-8(4-5-17-3)15-12(16)10-6-9(2)14-11(13)7-10/h6-8H,4-5H2,1-3H3,(H,15,16). The van der Waals surface area contributed by atoms with Crippen molar-refractivity contribution in [2.45, 2.75) is 26.3 Å². The van der Waals surface area contributed by atoms with Crippen LogP contribution in [0.4, 0.5) is 0 Å². The highest BCUT2D eigenvalue weighted by Crippen LogP contribution is 2.11. The fraction of sp³-hybridized carbons (Fsp3) is 0.500. The molecule has 1 amide bonds. The van der Waals surface area contributed by atoms with Gasteiger partial charge < -0.3 is 5.32 Å². The number of aromatic nitrogens is 1. The van der Waals surface area contributed by atoms with Gasteiger partial charge in [0.2, 0.25) is 0 Å².